The Balaban J connectivity index is 3.52. The maximum absolute atomic E-state index is 5.47. The van der Waals surface area contributed by atoms with Crippen LogP contribution in [0.25, 0.3) is 0 Å². The fraction of sp³-hybridized carbons (Fsp3) is 1.00. The van der Waals surface area contributed by atoms with E-state index in [4.69, 9.17) is 5.73 Å². The first-order chi connectivity index (χ1) is 6.59. The van der Waals surface area contributed by atoms with E-state index in [1.54, 1.807) is 0 Å². The van der Waals surface area contributed by atoms with Gasteiger partial charge in [0.1, 0.15) is 0 Å². The SMILES string of the molecule is CC(C)P(CCCCCCN)C(C)C. The molecule has 0 aromatic rings. The summed E-state index contributed by atoms with van der Waals surface area (Å²) in [6, 6.07) is 0. The fourth-order valence-corrected chi connectivity index (χ4v) is 4.72. The van der Waals surface area contributed by atoms with Gasteiger partial charge in [0.15, 0.2) is 0 Å². The lowest BCUT2D eigenvalue weighted by atomic mass is 10.2. The molecule has 0 aromatic heterocycles. The lowest BCUT2D eigenvalue weighted by Gasteiger charge is -2.25. The largest absolute Gasteiger partial charge is 0.330 e. The van der Waals surface area contributed by atoms with Crippen LogP contribution in [-0.2, 0) is 0 Å². The molecule has 14 heavy (non-hydrogen) atoms. The van der Waals surface area contributed by atoms with Crippen molar-refractivity contribution in [1.82, 2.24) is 0 Å². The summed E-state index contributed by atoms with van der Waals surface area (Å²) in [5, 5.41) is 0. The van der Waals surface area contributed by atoms with Crippen LogP contribution in [0.5, 0.6) is 0 Å². The van der Waals surface area contributed by atoms with E-state index < -0.39 is 0 Å². The van der Waals surface area contributed by atoms with E-state index in [0.717, 1.165) is 17.9 Å². The first-order valence-electron chi connectivity index (χ1n) is 6.05. The van der Waals surface area contributed by atoms with Crippen LogP contribution < -0.4 is 5.73 Å². The van der Waals surface area contributed by atoms with Crippen LogP contribution in [0, 0.1) is 0 Å². The number of hydrogen-bond donors (Lipinski definition) is 1. The third-order valence-electron chi connectivity index (χ3n) is 2.70. The highest BCUT2D eigenvalue weighted by Crippen LogP contribution is 2.46. The molecule has 0 saturated carbocycles. The van der Waals surface area contributed by atoms with Crippen LogP contribution in [0.2, 0.25) is 0 Å². The molecule has 86 valence electrons. The molecule has 0 spiro atoms. The molecule has 0 aliphatic carbocycles. The summed E-state index contributed by atoms with van der Waals surface area (Å²) in [7, 11) is 0.269. The van der Waals surface area contributed by atoms with Gasteiger partial charge in [0.25, 0.3) is 0 Å². The lowest BCUT2D eigenvalue weighted by Crippen LogP contribution is -2.06. The smallest absolute Gasteiger partial charge is 0.00773 e. The summed E-state index contributed by atoms with van der Waals surface area (Å²) in [4.78, 5) is 0. The van der Waals surface area contributed by atoms with Crippen molar-refractivity contribution in [2.24, 2.45) is 5.73 Å². The number of unbranched alkanes of at least 4 members (excludes halogenated alkanes) is 3. The van der Waals surface area contributed by atoms with Gasteiger partial charge < -0.3 is 5.73 Å². The van der Waals surface area contributed by atoms with Crippen molar-refractivity contribution in [2.75, 3.05) is 12.7 Å². The van der Waals surface area contributed by atoms with Gasteiger partial charge >= 0.3 is 0 Å². The molecule has 0 aliphatic heterocycles. The van der Waals surface area contributed by atoms with Crippen LogP contribution in [0.3, 0.4) is 0 Å². The zero-order chi connectivity index (χ0) is 11.0. The van der Waals surface area contributed by atoms with Gasteiger partial charge in [0.2, 0.25) is 0 Å². The Morgan fingerprint density at radius 3 is 1.79 bits per heavy atom. The van der Waals surface area contributed by atoms with Crippen LogP contribution in [0.1, 0.15) is 53.4 Å². The molecule has 0 unspecified atom stereocenters. The summed E-state index contributed by atoms with van der Waals surface area (Å²) in [5.41, 5.74) is 7.28. The number of rotatable bonds is 8. The molecular weight excluding hydrogens is 189 g/mol. The molecule has 0 rings (SSSR count). The zero-order valence-electron chi connectivity index (χ0n) is 10.4. The van der Waals surface area contributed by atoms with Crippen LogP contribution >= 0.6 is 7.92 Å². The molecule has 0 aliphatic rings. The van der Waals surface area contributed by atoms with Gasteiger partial charge in [0, 0.05) is 0 Å². The highest BCUT2D eigenvalue weighted by molar-refractivity contribution is 7.59. The second-order valence-electron chi connectivity index (χ2n) is 4.63. The van der Waals surface area contributed by atoms with Gasteiger partial charge in [-0.3, -0.25) is 0 Å². The van der Waals surface area contributed by atoms with Crippen LogP contribution in [0.15, 0.2) is 0 Å². The van der Waals surface area contributed by atoms with Gasteiger partial charge in [-0.25, -0.2) is 0 Å². The quantitative estimate of drug-likeness (QED) is 0.485. The molecule has 0 fully saturated rings. The minimum Gasteiger partial charge on any atom is -0.330 e. The molecule has 0 bridgehead atoms. The van der Waals surface area contributed by atoms with Gasteiger partial charge in [-0.05, 0) is 36.9 Å². The van der Waals surface area contributed by atoms with Crippen molar-refractivity contribution in [3.63, 3.8) is 0 Å². The Labute approximate surface area is 91.6 Å². The van der Waals surface area contributed by atoms with Crippen LogP contribution in [0.4, 0.5) is 0 Å². The molecule has 0 heterocycles. The van der Waals surface area contributed by atoms with E-state index in [0.29, 0.717) is 0 Å². The summed E-state index contributed by atoms with van der Waals surface area (Å²) in [6.07, 6.45) is 6.81. The molecule has 2 N–H and O–H groups in total. The summed E-state index contributed by atoms with van der Waals surface area (Å²) < 4.78 is 0. The maximum Gasteiger partial charge on any atom is -0.00773 e. The van der Waals surface area contributed by atoms with E-state index in [2.05, 4.69) is 27.7 Å². The first-order valence-corrected chi connectivity index (χ1v) is 7.72. The Bertz CT molecular complexity index is 115. The molecule has 0 radical (unpaired) electrons. The second kappa shape index (κ2) is 8.68. The Hall–Kier alpha value is 0.390. The third kappa shape index (κ3) is 6.79. The number of hydrogen-bond acceptors (Lipinski definition) is 1. The molecule has 0 amide bonds. The Morgan fingerprint density at radius 2 is 1.36 bits per heavy atom. The predicted molar refractivity (Wildman–Crippen MR) is 69.6 cm³/mol. The molecule has 0 saturated heterocycles. The van der Waals surface area contributed by atoms with Crippen molar-refractivity contribution >= 4 is 7.92 Å². The minimum absolute atomic E-state index is 0.269. The normalized spacial score (nSPS) is 12.0. The van der Waals surface area contributed by atoms with E-state index in [1.807, 2.05) is 0 Å². The summed E-state index contributed by atoms with van der Waals surface area (Å²) >= 11 is 0. The second-order valence-corrected chi connectivity index (χ2v) is 8.17. The van der Waals surface area contributed by atoms with Gasteiger partial charge in [-0.1, -0.05) is 40.5 Å². The lowest BCUT2D eigenvalue weighted by molar-refractivity contribution is 0.675. The van der Waals surface area contributed by atoms with Gasteiger partial charge in [-0.2, -0.15) is 0 Å². The topological polar surface area (TPSA) is 26.0 Å². The molecule has 2 heteroatoms. The fourth-order valence-electron chi connectivity index (χ4n) is 1.90. The maximum atomic E-state index is 5.47. The molecular formula is C12H28NP. The Kier molecular flexibility index (Phi) is 8.92. The third-order valence-corrected chi connectivity index (χ3v) is 6.18. The molecule has 0 atom stereocenters. The van der Waals surface area contributed by atoms with Crippen molar-refractivity contribution in [3.05, 3.63) is 0 Å². The zero-order valence-corrected chi connectivity index (χ0v) is 11.3. The van der Waals surface area contributed by atoms with Gasteiger partial charge in [0.05, 0.1) is 0 Å². The van der Waals surface area contributed by atoms with Crippen molar-refractivity contribution in [3.8, 4) is 0 Å². The molecule has 0 aromatic carbocycles. The monoisotopic (exact) mass is 217 g/mol. The molecule has 1 nitrogen and oxygen atoms in total. The Morgan fingerprint density at radius 1 is 0.857 bits per heavy atom. The first kappa shape index (κ1) is 14.4. The number of nitrogens with two attached hydrogens (primary N) is 1. The average molecular weight is 217 g/mol. The standard InChI is InChI=1S/C12H28NP/c1-11(2)14(12(3)4)10-8-6-5-7-9-13/h11-12H,5-10,13H2,1-4H3. The highest BCUT2D eigenvalue weighted by Gasteiger charge is 2.15. The summed E-state index contributed by atoms with van der Waals surface area (Å²) in [5.74, 6) is 0. The highest BCUT2D eigenvalue weighted by atomic mass is 31.1. The van der Waals surface area contributed by atoms with Crippen molar-refractivity contribution in [2.45, 2.75) is 64.7 Å². The van der Waals surface area contributed by atoms with Crippen molar-refractivity contribution in [1.29, 1.82) is 0 Å². The predicted octanol–water partition coefficient (Wildman–Crippen LogP) is 3.80. The summed E-state index contributed by atoms with van der Waals surface area (Å²) in [6.45, 7) is 10.4. The van der Waals surface area contributed by atoms with E-state index >= 15 is 0 Å². The average Bonchev–Trinajstić information content (AvgIpc) is 2.09. The van der Waals surface area contributed by atoms with E-state index in [-0.39, 0.29) is 7.92 Å². The van der Waals surface area contributed by atoms with E-state index in [1.165, 1.54) is 31.8 Å². The minimum atomic E-state index is 0.269. The van der Waals surface area contributed by atoms with Crippen molar-refractivity contribution < 1.29 is 0 Å². The van der Waals surface area contributed by atoms with Crippen LogP contribution in [-0.4, -0.2) is 24.0 Å². The van der Waals surface area contributed by atoms with Gasteiger partial charge in [-0.15, -0.1) is 7.92 Å². The van der Waals surface area contributed by atoms with E-state index in [9.17, 15) is 0 Å².